The number of para-hydroxylation sites is 2. The first-order valence-corrected chi connectivity index (χ1v) is 11.9. The third-order valence-corrected chi connectivity index (χ3v) is 6.24. The van der Waals surface area contributed by atoms with Gasteiger partial charge in [-0.1, -0.05) is 75.4 Å². The van der Waals surface area contributed by atoms with Crippen molar-refractivity contribution < 1.29 is 14.8 Å². The molecule has 1 fully saturated rings. The highest BCUT2D eigenvalue weighted by Gasteiger charge is 2.55. The van der Waals surface area contributed by atoms with Gasteiger partial charge in [0.1, 0.15) is 0 Å². The van der Waals surface area contributed by atoms with Crippen LogP contribution in [-0.2, 0) is 0 Å². The van der Waals surface area contributed by atoms with Gasteiger partial charge in [0.25, 0.3) is 0 Å². The van der Waals surface area contributed by atoms with Crippen LogP contribution in [0.4, 0.5) is 21.0 Å². The molecule has 1 saturated heterocycles. The maximum Gasteiger partial charge on any atom is 0.347 e. The van der Waals surface area contributed by atoms with Crippen molar-refractivity contribution in [2.75, 3.05) is 16.8 Å². The molecule has 178 valence electrons. The Balaban J connectivity index is 1.81. The van der Waals surface area contributed by atoms with Gasteiger partial charge in [-0.3, -0.25) is 10.1 Å². The van der Waals surface area contributed by atoms with Gasteiger partial charge < -0.3 is 10.2 Å². The molecule has 1 aliphatic rings. The van der Waals surface area contributed by atoms with Crippen LogP contribution in [0.1, 0.15) is 59.3 Å². The van der Waals surface area contributed by atoms with Crippen LogP contribution >= 0.6 is 0 Å². The van der Waals surface area contributed by atoms with Crippen molar-refractivity contribution in [3.63, 3.8) is 0 Å². The van der Waals surface area contributed by atoms with Crippen LogP contribution in [0.5, 0.6) is 0 Å². The first kappa shape index (κ1) is 24.6. The largest absolute Gasteiger partial charge is 0.347 e. The van der Waals surface area contributed by atoms with E-state index in [1.54, 1.807) is 29.2 Å². The first-order valence-electron chi connectivity index (χ1n) is 11.9. The number of anilines is 2. The number of hydrogen-bond acceptors (Lipinski definition) is 3. The maximum atomic E-state index is 13.6. The van der Waals surface area contributed by atoms with Crippen molar-refractivity contribution in [3.05, 3.63) is 60.7 Å². The number of rotatable bonds is 10. The van der Waals surface area contributed by atoms with Gasteiger partial charge in [0.2, 0.25) is 0 Å². The Labute approximate surface area is 196 Å². The van der Waals surface area contributed by atoms with Crippen molar-refractivity contribution in [2.24, 2.45) is 0 Å². The average molecular weight is 453 g/mol. The Morgan fingerprint density at radius 1 is 0.970 bits per heavy atom. The predicted molar refractivity (Wildman–Crippen MR) is 131 cm³/mol. The minimum absolute atomic E-state index is 0.212. The summed E-state index contributed by atoms with van der Waals surface area (Å²) in [6.45, 7) is 6.56. The van der Waals surface area contributed by atoms with Crippen molar-refractivity contribution in [1.29, 1.82) is 0 Å². The van der Waals surface area contributed by atoms with Crippen molar-refractivity contribution in [3.8, 4) is 0 Å². The Kier molecular flexibility index (Phi) is 8.33. The summed E-state index contributed by atoms with van der Waals surface area (Å²) >= 11 is 0. The lowest BCUT2D eigenvalue weighted by atomic mass is 9.99. The zero-order valence-electron chi connectivity index (χ0n) is 19.9. The van der Waals surface area contributed by atoms with Gasteiger partial charge in [-0.15, -0.1) is 0 Å². The second-order valence-electron chi connectivity index (χ2n) is 9.08. The molecule has 1 aliphatic heterocycles. The van der Waals surface area contributed by atoms with Gasteiger partial charge in [-0.2, -0.15) is 5.06 Å². The van der Waals surface area contributed by atoms with Gasteiger partial charge in [0, 0.05) is 17.9 Å². The summed E-state index contributed by atoms with van der Waals surface area (Å²) in [5, 5.41) is 14.4. The summed E-state index contributed by atoms with van der Waals surface area (Å²) in [6, 6.07) is 17.2. The smallest absolute Gasteiger partial charge is 0.315 e. The molecule has 0 spiro atoms. The molecule has 4 amide bonds. The van der Waals surface area contributed by atoms with E-state index in [4.69, 9.17) is 0 Å². The van der Waals surface area contributed by atoms with Crippen LogP contribution in [0, 0.1) is 0 Å². The fraction of sp³-hybridized carbons (Fsp3) is 0.462. The summed E-state index contributed by atoms with van der Waals surface area (Å²) in [4.78, 5) is 29.8. The average Bonchev–Trinajstić information content (AvgIpc) is 3.01. The van der Waals surface area contributed by atoms with E-state index in [1.165, 1.54) is 24.2 Å². The van der Waals surface area contributed by atoms with E-state index in [1.807, 2.05) is 50.2 Å². The maximum absolute atomic E-state index is 13.6. The van der Waals surface area contributed by atoms with Crippen molar-refractivity contribution in [1.82, 2.24) is 9.96 Å². The number of benzene rings is 2. The Bertz CT molecular complexity index is 904. The highest BCUT2D eigenvalue weighted by Crippen LogP contribution is 2.38. The molecule has 2 N–H and O–H groups in total. The van der Waals surface area contributed by atoms with E-state index in [0.29, 0.717) is 23.0 Å². The SMILES string of the molecule is CCCCCCCCN1C(=O)N(c2ccccc2)[C@@H](N(O)C(=O)Nc2ccccc2)C1(C)C. The molecule has 0 bridgehead atoms. The fourth-order valence-corrected chi connectivity index (χ4v) is 4.43. The number of hydrogen-bond donors (Lipinski definition) is 2. The summed E-state index contributed by atoms with van der Waals surface area (Å²) in [6.07, 6.45) is 5.82. The van der Waals surface area contributed by atoms with Crippen LogP contribution in [0.15, 0.2) is 60.7 Å². The number of nitrogens with zero attached hydrogens (tertiary/aromatic N) is 3. The summed E-state index contributed by atoms with van der Waals surface area (Å²) in [5.41, 5.74) is 0.399. The molecule has 7 nitrogen and oxygen atoms in total. The van der Waals surface area contributed by atoms with Gasteiger partial charge in [-0.25, -0.2) is 9.59 Å². The summed E-state index contributed by atoms with van der Waals surface area (Å²) in [5.74, 6) is 0. The molecule has 33 heavy (non-hydrogen) atoms. The van der Waals surface area contributed by atoms with E-state index >= 15 is 0 Å². The summed E-state index contributed by atoms with van der Waals surface area (Å²) in [7, 11) is 0. The third kappa shape index (κ3) is 5.66. The molecule has 1 heterocycles. The molecule has 0 aliphatic carbocycles. The molecule has 0 unspecified atom stereocenters. The first-order chi connectivity index (χ1) is 15.9. The quantitative estimate of drug-likeness (QED) is 0.252. The van der Waals surface area contributed by atoms with Gasteiger partial charge in [0.15, 0.2) is 6.17 Å². The predicted octanol–water partition coefficient (Wildman–Crippen LogP) is 6.32. The van der Waals surface area contributed by atoms with E-state index in [-0.39, 0.29) is 6.03 Å². The Morgan fingerprint density at radius 2 is 1.55 bits per heavy atom. The van der Waals surface area contributed by atoms with Gasteiger partial charge >= 0.3 is 12.1 Å². The van der Waals surface area contributed by atoms with E-state index in [9.17, 15) is 14.8 Å². The van der Waals surface area contributed by atoms with E-state index in [2.05, 4.69) is 12.2 Å². The molecular weight excluding hydrogens is 416 g/mol. The zero-order chi connectivity index (χ0) is 23.8. The number of nitrogens with one attached hydrogen (secondary N) is 1. The normalized spacial score (nSPS) is 17.3. The monoisotopic (exact) mass is 452 g/mol. The summed E-state index contributed by atoms with van der Waals surface area (Å²) < 4.78 is 0. The molecule has 0 radical (unpaired) electrons. The third-order valence-electron chi connectivity index (χ3n) is 6.24. The van der Waals surface area contributed by atoms with Gasteiger partial charge in [-0.05, 0) is 44.5 Å². The second kappa shape index (κ2) is 11.2. The minimum Gasteiger partial charge on any atom is -0.315 e. The molecule has 7 heteroatoms. The lowest BCUT2D eigenvalue weighted by Crippen LogP contribution is -2.58. The number of carbonyl (C=O) groups excluding carboxylic acids is 2. The second-order valence-corrected chi connectivity index (χ2v) is 9.08. The van der Waals surface area contributed by atoms with E-state index < -0.39 is 17.7 Å². The lowest BCUT2D eigenvalue weighted by molar-refractivity contribution is -0.0949. The molecular formula is C26H36N4O3. The number of amides is 4. The Morgan fingerprint density at radius 3 is 2.18 bits per heavy atom. The number of unbranched alkanes of at least 4 members (excludes halogenated alkanes) is 5. The van der Waals surface area contributed by atoms with Crippen LogP contribution in [0.3, 0.4) is 0 Å². The molecule has 0 aromatic heterocycles. The lowest BCUT2D eigenvalue weighted by Gasteiger charge is -2.38. The standard InChI is InChI=1S/C26H36N4O3/c1-4-5-6-7-8-15-20-28-25(32)29(22-18-13-10-14-19-22)23(26(28,2)3)30(33)24(31)27-21-16-11-9-12-17-21/h9-14,16-19,23,33H,4-8,15,20H2,1-3H3,(H,27,31)/t23-/m0/s1. The molecule has 0 saturated carbocycles. The molecule has 2 aromatic rings. The topological polar surface area (TPSA) is 76.1 Å². The fourth-order valence-electron chi connectivity index (χ4n) is 4.43. The van der Waals surface area contributed by atoms with Crippen molar-refractivity contribution >= 4 is 23.4 Å². The molecule has 2 aromatic carbocycles. The zero-order valence-corrected chi connectivity index (χ0v) is 19.9. The number of carbonyl (C=O) groups is 2. The van der Waals surface area contributed by atoms with Crippen LogP contribution < -0.4 is 10.2 Å². The van der Waals surface area contributed by atoms with E-state index in [0.717, 1.165) is 19.3 Å². The van der Waals surface area contributed by atoms with Crippen LogP contribution in [0.2, 0.25) is 0 Å². The Hall–Kier alpha value is -3.06. The molecule has 1 atom stereocenters. The van der Waals surface area contributed by atoms with Gasteiger partial charge in [0.05, 0.1) is 5.54 Å². The number of hydroxylamine groups is 2. The van der Waals surface area contributed by atoms with Crippen LogP contribution in [0.25, 0.3) is 0 Å². The number of urea groups is 2. The minimum atomic E-state index is -0.892. The highest BCUT2D eigenvalue weighted by atomic mass is 16.5. The highest BCUT2D eigenvalue weighted by molar-refractivity contribution is 5.98. The van der Waals surface area contributed by atoms with Crippen LogP contribution in [-0.4, -0.2) is 45.5 Å². The molecule has 3 rings (SSSR count). The van der Waals surface area contributed by atoms with Crippen molar-refractivity contribution in [2.45, 2.75) is 71.0 Å².